The third kappa shape index (κ3) is 3.04. The number of rotatable bonds is 4. The van der Waals surface area contributed by atoms with Crippen LogP contribution in [0, 0.1) is 5.41 Å². The molecule has 1 atom stereocenters. The Morgan fingerprint density at radius 3 is 2.80 bits per heavy atom. The summed E-state index contributed by atoms with van der Waals surface area (Å²) in [5, 5.41) is 5.12. The molecule has 1 aliphatic heterocycles. The molecule has 2 heterocycles. The van der Waals surface area contributed by atoms with E-state index >= 15 is 0 Å². The summed E-state index contributed by atoms with van der Waals surface area (Å²) in [7, 11) is 0. The van der Waals surface area contributed by atoms with Gasteiger partial charge in [0.05, 0.1) is 10.7 Å². The van der Waals surface area contributed by atoms with Gasteiger partial charge in [0.1, 0.15) is 5.82 Å². The average Bonchev–Trinajstić information content (AvgIpc) is 3.24. The van der Waals surface area contributed by atoms with E-state index in [1.54, 1.807) is 4.68 Å². The smallest absolute Gasteiger partial charge is 0.293 e. The summed E-state index contributed by atoms with van der Waals surface area (Å²) in [4.78, 5) is 19.3. The Bertz CT molecular complexity index is 816. The first-order valence-electron chi connectivity index (χ1n) is 8.72. The lowest BCUT2D eigenvalue weighted by atomic mass is 9.90. The fourth-order valence-corrected chi connectivity index (χ4v) is 3.54. The lowest BCUT2D eigenvalue weighted by Crippen LogP contribution is -2.35. The largest absolute Gasteiger partial charge is 0.335 e. The van der Waals surface area contributed by atoms with Gasteiger partial charge >= 0.3 is 0 Å². The maximum absolute atomic E-state index is 12.9. The van der Waals surface area contributed by atoms with Crippen LogP contribution in [0.2, 0.25) is 5.02 Å². The molecule has 6 nitrogen and oxygen atoms in total. The van der Waals surface area contributed by atoms with E-state index in [9.17, 15) is 4.79 Å². The van der Waals surface area contributed by atoms with Crippen molar-refractivity contribution in [3.8, 4) is 5.69 Å². The molecule has 2 aromatic rings. The van der Waals surface area contributed by atoms with E-state index in [1.807, 2.05) is 29.2 Å². The number of nitrogens with zero attached hydrogens (tertiary/aromatic N) is 4. The second-order valence-electron chi connectivity index (χ2n) is 7.42. The van der Waals surface area contributed by atoms with Crippen molar-refractivity contribution in [3.05, 3.63) is 40.9 Å². The zero-order chi connectivity index (χ0) is 17.6. The molecule has 4 rings (SSSR count). The van der Waals surface area contributed by atoms with Gasteiger partial charge < -0.3 is 10.6 Å². The predicted molar refractivity (Wildman–Crippen MR) is 96.0 cm³/mol. The lowest BCUT2D eigenvalue weighted by molar-refractivity contribution is 0.0765. The monoisotopic (exact) mass is 359 g/mol. The van der Waals surface area contributed by atoms with Crippen molar-refractivity contribution in [2.24, 2.45) is 11.1 Å². The Morgan fingerprint density at radius 2 is 2.16 bits per heavy atom. The average molecular weight is 360 g/mol. The number of aromatic nitrogens is 3. The predicted octanol–water partition coefficient (Wildman–Crippen LogP) is 2.61. The van der Waals surface area contributed by atoms with Gasteiger partial charge in [0, 0.05) is 19.0 Å². The van der Waals surface area contributed by atoms with Crippen LogP contribution in [-0.2, 0) is 0 Å². The van der Waals surface area contributed by atoms with Crippen molar-refractivity contribution in [3.63, 3.8) is 0 Å². The highest BCUT2D eigenvalue weighted by Crippen LogP contribution is 2.40. The van der Waals surface area contributed by atoms with E-state index in [0.717, 1.165) is 30.8 Å². The van der Waals surface area contributed by atoms with Gasteiger partial charge in [0.2, 0.25) is 5.82 Å². The third-order valence-electron chi connectivity index (χ3n) is 5.18. The number of halogens is 1. The van der Waals surface area contributed by atoms with Crippen molar-refractivity contribution in [1.82, 2.24) is 19.7 Å². The number of nitrogens with two attached hydrogens (primary N) is 1. The highest BCUT2D eigenvalue weighted by atomic mass is 35.5. The van der Waals surface area contributed by atoms with Gasteiger partial charge in [-0.2, -0.15) is 0 Å². The highest BCUT2D eigenvalue weighted by Gasteiger charge is 2.38. The maximum Gasteiger partial charge on any atom is 0.293 e. The van der Waals surface area contributed by atoms with Gasteiger partial charge in [-0.25, -0.2) is 9.67 Å². The van der Waals surface area contributed by atoms with Crippen LogP contribution in [0.4, 0.5) is 0 Å². The van der Waals surface area contributed by atoms with Gasteiger partial charge in [-0.15, -0.1) is 5.10 Å². The van der Waals surface area contributed by atoms with E-state index in [4.69, 9.17) is 17.3 Å². The molecule has 1 saturated carbocycles. The maximum atomic E-state index is 12.9. The number of benzene rings is 1. The number of likely N-dealkylation sites (tertiary alicyclic amines) is 1. The van der Waals surface area contributed by atoms with Crippen LogP contribution < -0.4 is 5.73 Å². The first-order chi connectivity index (χ1) is 12.0. The lowest BCUT2D eigenvalue weighted by Gasteiger charge is -2.21. The third-order valence-corrected chi connectivity index (χ3v) is 5.50. The van der Waals surface area contributed by atoms with Crippen LogP contribution in [0.1, 0.15) is 48.5 Å². The number of hydrogen-bond acceptors (Lipinski definition) is 4. The zero-order valence-corrected chi connectivity index (χ0v) is 15.0. The highest BCUT2D eigenvalue weighted by molar-refractivity contribution is 6.32. The number of carbonyl (C=O) groups excluding carboxylic acids is 1. The van der Waals surface area contributed by atoms with E-state index in [2.05, 4.69) is 17.0 Å². The molecule has 1 aliphatic carbocycles. The van der Waals surface area contributed by atoms with Gasteiger partial charge in [0.15, 0.2) is 0 Å². The van der Waals surface area contributed by atoms with Gasteiger partial charge in [-0.05, 0) is 43.4 Å². The standard InChI is InChI=1S/C18H22ClN5O/c1-18(10-20)8-9-23(11-18)17(25)15-21-16(12-6-7-12)24(22-15)14-5-3-2-4-13(14)19/h2-5,12H,6-11,20H2,1H3. The first kappa shape index (κ1) is 16.5. The molecule has 1 aromatic heterocycles. The van der Waals surface area contributed by atoms with Crippen molar-refractivity contribution in [2.75, 3.05) is 19.6 Å². The van der Waals surface area contributed by atoms with E-state index in [0.29, 0.717) is 30.6 Å². The molecule has 132 valence electrons. The molecule has 1 saturated heterocycles. The Balaban J connectivity index is 1.67. The van der Waals surface area contributed by atoms with E-state index in [1.165, 1.54) is 0 Å². The number of amides is 1. The normalized spacial score (nSPS) is 23.2. The first-order valence-corrected chi connectivity index (χ1v) is 9.10. The summed E-state index contributed by atoms with van der Waals surface area (Å²) >= 11 is 6.33. The fraction of sp³-hybridized carbons (Fsp3) is 0.500. The SMILES string of the molecule is CC1(CN)CCN(C(=O)c2nc(C3CC3)n(-c3ccccc3Cl)n2)C1. The Hall–Kier alpha value is -1.92. The molecule has 7 heteroatoms. The Morgan fingerprint density at radius 1 is 1.40 bits per heavy atom. The molecule has 0 radical (unpaired) electrons. The molecular formula is C18H22ClN5O. The molecule has 2 N–H and O–H groups in total. The second kappa shape index (κ2) is 6.11. The number of para-hydroxylation sites is 1. The summed E-state index contributed by atoms with van der Waals surface area (Å²) in [6, 6.07) is 7.51. The van der Waals surface area contributed by atoms with E-state index in [-0.39, 0.29) is 17.1 Å². The van der Waals surface area contributed by atoms with Crippen LogP contribution in [0.5, 0.6) is 0 Å². The Kier molecular flexibility index (Phi) is 4.04. The van der Waals surface area contributed by atoms with Crippen LogP contribution in [0.15, 0.2) is 24.3 Å². The minimum Gasteiger partial charge on any atom is -0.335 e. The summed E-state index contributed by atoms with van der Waals surface area (Å²) in [5.74, 6) is 1.32. The molecule has 1 aromatic carbocycles. The minimum absolute atomic E-state index is 0.0136. The molecule has 0 bridgehead atoms. The molecule has 2 fully saturated rings. The summed E-state index contributed by atoms with van der Waals surface area (Å²) < 4.78 is 1.74. The fourth-order valence-electron chi connectivity index (χ4n) is 3.33. The quantitative estimate of drug-likeness (QED) is 0.910. The Labute approximate surface area is 152 Å². The molecule has 0 spiro atoms. The van der Waals surface area contributed by atoms with Crippen LogP contribution >= 0.6 is 11.6 Å². The van der Waals surface area contributed by atoms with E-state index < -0.39 is 0 Å². The van der Waals surface area contributed by atoms with Crippen LogP contribution in [-0.4, -0.2) is 45.2 Å². The molecule has 1 amide bonds. The van der Waals surface area contributed by atoms with Crippen molar-refractivity contribution in [1.29, 1.82) is 0 Å². The van der Waals surface area contributed by atoms with Crippen molar-refractivity contribution >= 4 is 17.5 Å². The molecule has 2 aliphatic rings. The second-order valence-corrected chi connectivity index (χ2v) is 7.83. The minimum atomic E-state index is -0.120. The van der Waals surface area contributed by atoms with Crippen LogP contribution in [0.3, 0.4) is 0 Å². The number of hydrogen-bond donors (Lipinski definition) is 1. The summed E-state index contributed by atoms with van der Waals surface area (Å²) in [6.07, 6.45) is 3.06. The number of carbonyl (C=O) groups is 1. The van der Waals surface area contributed by atoms with Crippen LogP contribution in [0.25, 0.3) is 5.69 Å². The molecule has 25 heavy (non-hydrogen) atoms. The topological polar surface area (TPSA) is 77.0 Å². The summed E-state index contributed by atoms with van der Waals surface area (Å²) in [5.41, 5.74) is 6.61. The molecular weight excluding hydrogens is 338 g/mol. The molecule has 1 unspecified atom stereocenters. The summed E-state index contributed by atoms with van der Waals surface area (Å²) in [6.45, 7) is 4.05. The van der Waals surface area contributed by atoms with Gasteiger partial charge in [-0.1, -0.05) is 30.7 Å². The van der Waals surface area contributed by atoms with Gasteiger partial charge in [-0.3, -0.25) is 4.79 Å². The van der Waals surface area contributed by atoms with Crippen molar-refractivity contribution < 1.29 is 4.79 Å². The van der Waals surface area contributed by atoms with Gasteiger partial charge in [0.25, 0.3) is 5.91 Å². The zero-order valence-electron chi connectivity index (χ0n) is 14.3. The van der Waals surface area contributed by atoms with Crippen molar-refractivity contribution in [2.45, 2.75) is 32.1 Å².